The van der Waals surface area contributed by atoms with Crippen LogP contribution in [0.5, 0.6) is 0 Å². The molecule has 1 aliphatic rings. The Morgan fingerprint density at radius 2 is 1.39 bits per heavy atom. The van der Waals surface area contributed by atoms with Crippen LogP contribution in [0, 0.1) is 6.92 Å². The molecule has 0 N–H and O–H groups in total. The number of fused-ring (bicyclic) bond motifs is 3. The number of benzene rings is 3. The Hall–Kier alpha value is -3.19. The van der Waals surface area contributed by atoms with E-state index in [1.165, 1.54) is 44.5 Å². The van der Waals surface area contributed by atoms with E-state index in [0.717, 1.165) is 5.69 Å². The van der Waals surface area contributed by atoms with Gasteiger partial charge in [-0.1, -0.05) is 80.6 Å². The minimum absolute atomic E-state index is 0.00340. The predicted octanol–water partition coefficient (Wildman–Crippen LogP) is 7.03. The largest absolute Gasteiger partial charge is 0.256 e. The normalized spacial score (nSPS) is 13.8. The van der Waals surface area contributed by atoms with E-state index in [9.17, 15) is 0 Å². The number of hydrogen-bond acceptors (Lipinski definition) is 1. The number of nitrogens with zero attached hydrogens (tertiary/aromatic N) is 1. The summed E-state index contributed by atoms with van der Waals surface area (Å²) < 4.78 is 0. The standard InChI is InChI=1S/C27H23N/c1-18-13-14-20(15-22(18)19-9-5-4-6-10-19)26-16-25-23(17-28-26)21-11-7-8-12-24(21)27(25,2)3/h4-17H,1-3H3. The lowest BCUT2D eigenvalue weighted by Gasteiger charge is -2.21. The van der Waals surface area contributed by atoms with Crippen molar-refractivity contribution in [3.05, 3.63) is 102 Å². The number of hydrogen-bond donors (Lipinski definition) is 0. The average molecular weight is 361 g/mol. The van der Waals surface area contributed by atoms with Crippen LogP contribution >= 0.6 is 0 Å². The van der Waals surface area contributed by atoms with Crippen molar-refractivity contribution in [3.8, 4) is 33.5 Å². The highest BCUT2D eigenvalue weighted by Gasteiger charge is 2.35. The van der Waals surface area contributed by atoms with Gasteiger partial charge < -0.3 is 0 Å². The number of pyridine rings is 1. The van der Waals surface area contributed by atoms with Crippen molar-refractivity contribution in [2.24, 2.45) is 0 Å². The molecule has 0 amide bonds. The van der Waals surface area contributed by atoms with Crippen molar-refractivity contribution in [1.29, 1.82) is 0 Å². The van der Waals surface area contributed by atoms with Crippen molar-refractivity contribution in [2.75, 3.05) is 0 Å². The van der Waals surface area contributed by atoms with Gasteiger partial charge in [0.05, 0.1) is 5.69 Å². The third kappa shape index (κ3) is 2.51. The van der Waals surface area contributed by atoms with Crippen molar-refractivity contribution in [3.63, 3.8) is 0 Å². The van der Waals surface area contributed by atoms with E-state index in [1.54, 1.807) is 0 Å². The Balaban J connectivity index is 1.65. The van der Waals surface area contributed by atoms with Crippen LogP contribution in [0.15, 0.2) is 85.1 Å². The molecule has 136 valence electrons. The van der Waals surface area contributed by atoms with Crippen LogP contribution in [-0.4, -0.2) is 4.98 Å². The molecule has 1 nitrogen and oxygen atoms in total. The zero-order valence-electron chi connectivity index (χ0n) is 16.5. The molecule has 28 heavy (non-hydrogen) atoms. The molecule has 0 fully saturated rings. The van der Waals surface area contributed by atoms with Crippen LogP contribution < -0.4 is 0 Å². The summed E-state index contributed by atoms with van der Waals surface area (Å²) in [5.74, 6) is 0. The van der Waals surface area contributed by atoms with Gasteiger partial charge in [-0.2, -0.15) is 0 Å². The lowest BCUT2D eigenvalue weighted by atomic mass is 9.82. The van der Waals surface area contributed by atoms with Gasteiger partial charge in [-0.15, -0.1) is 0 Å². The van der Waals surface area contributed by atoms with Gasteiger partial charge >= 0.3 is 0 Å². The Bertz CT molecular complexity index is 1190. The van der Waals surface area contributed by atoms with Gasteiger partial charge in [0.1, 0.15) is 0 Å². The highest BCUT2D eigenvalue weighted by Crippen LogP contribution is 2.48. The van der Waals surface area contributed by atoms with Crippen LogP contribution in [0.3, 0.4) is 0 Å². The average Bonchev–Trinajstić information content (AvgIpc) is 2.96. The van der Waals surface area contributed by atoms with Crippen molar-refractivity contribution < 1.29 is 0 Å². The summed E-state index contributed by atoms with van der Waals surface area (Å²) in [6.45, 7) is 6.79. The van der Waals surface area contributed by atoms with Crippen LogP contribution in [0.2, 0.25) is 0 Å². The molecule has 4 aromatic rings. The molecule has 1 aromatic heterocycles. The van der Waals surface area contributed by atoms with E-state index in [-0.39, 0.29) is 5.41 Å². The fraction of sp³-hybridized carbons (Fsp3) is 0.148. The van der Waals surface area contributed by atoms with Gasteiger partial charge in [-0.3, -0.25) is 4.98 Å². The first kappa shape index (κ1) is 16.9. The first-order valence-corrected chi connectivity index (χ1v) is 9.82. The SMILES string of the molecule is Cc1ccc(-c2cc3c(cn2)-c2ccccc2C3(C)C)cc1-c1ccccc1. The molecule has 1 aliphatic carbocycles. The summed E-state index contributed by atoms with van der Waals surface area (Å²) in [4.78, 5) is 4.85. The van der Waals surface area contributed by atoms with E-state index in [4.69, 9.17) is 4.98 Å². The molecule has 3 aromatic carbocycles. The van der Waals surface area contributed by atoms with Gasteiger partial charge in [-0.25, -0.2) is 0 Å². The molecule has 0 bridgehead atoms. The zero-order valence-corrected chi connectivity index (χ0v) is 16.5. The molecule has 0 radical (unpaired) electrons. The zero-order chi connectivity index (χ0) is 19.3. The van der Waals surface area contributed by atoms with Crippen molar-refractivity contribution in [1.82, 2.24) is 4.98 Å². The maximum absolute atomic E-state index is 4.85. The van der Waals surface area contributed by atoms with Crippen LogP contribution in [-0.2, 0) is 5.41 Å². The van der Waals surface area contributed by atoms with Crippen LogP contribution in [0.1, 0.15) is 30.5 Å². The monoisotopic (exact) mass is 361 g/mol. The minimum atomic E-state index is -0.00340. The van der Waals surface area contributed by atoms with Gasteiger partial charge in [0.15, 0.2) is 0 Å². The van der Waals surface area contributed by atoms with Gasteiger partial charge in [0.25, 0.3) is 0 Å². The van der Waals surface area contributed by atoms with Crippen LogP contribution in [0.4, 0.5) is 0 Å². The molecule has 0 saturated carbocycles. The van der Waals surface area contributed by atoms with Gasteiger partial charge in [0.2, 0.25) is 0 Å². The molecule has 5 rings (SSSR count). The minimum Gasteiger partial charge on any atom is -0.256 e. The Morgan fingerprint density at radius 1 is 0.643 bits per heavy atom. The summed E-state index contributed by atoms with van der Waals surface area (Å²) >= 11 is 0. The summed E-state index contributed by atoms with van der Waals surface area (Å²) in [6, 6.07) is 28.2. The van der Waals surface area contributed by atoms with Gasteiger partial charge in [0, 0.05) is 22.7 Å². The molecule has 0 atom stereocenters. The summed E-state index contributed by atoms with van der Waals surface area (Å²) in [5.41, 5.74) is 11.3. The van der Waals surface area contributed by atoms with Crippen molar-refractivity contribution >= 4 is 0 Å². The number of rotatable bonds is 2. The summed E-state index contributed by atoms with van der Waals surface area (Å²) in [7, 11) is 0. The van der Waals surface area contributed by atoms with E-state index >= 15 is 0 Å². The van der Waals surface area contributed by atoms with E-state index in [0.29, 0.717) is 0 Å². The fourth-order valence-electron chi connectivity index (χ4n) is 4.46. The van der Waals surface area contributed by atoms with Crippen molar-refractivity contribution in [2.45, 2.75) is 26.2 Å². The number of aromatic nitrogens is 1. The summed E-state index contributed by atoms with van der Waals surface area (Å²) in [5, 5.41) is 0. The molecule has 0 saturated heterocycles. The Morgan fingerprint density at radius 3 is 2.21 bits per heavy atom. The molecule has 0 spiro atoms. The molecular formula is C27H23N. The second-order valence-corrected chi connectivity index (χ2v) is 8.18. The lowest BCUT2D eigenvalue weighted by Crippen LogP contribution is -2.15. The number of aryl methyl sites for hydroxylation is 1. The maximum Gasteiger partial charge on any atom is 0.0705 e. The Labute approximate surface area is 166 Å². The third-order valence-corrected chi connectivity index (χ3v) is 6.09. The predicted molar refractivity (Wildman–Crippen MR) is 117 cm³/mol. The quantitative estimate of drug-likeness (QED) is 0.373. The molecule has 0 aliphatic heterocycles. The third-order valence-electron chi connectivity index (χ3n) is 6.09. The topological polar surface area (TPSA) is 12.9 Å². The van der Waals surface area contributed by atoms with E-state index in [2.05, 4.69) is 106 Å². The van der Waals surface area contributed by atoms with Crippen LogP contribution in [0.25, 0.3) is 33.5 Å². The first-order valence-electron chi connectivity index (χ1n) is 9.82. The lowest BCUT2D eigenvalue weighted by molar-refractivity contribution is 0.660. The Kier molecular flexibility index (Phi) is 3.73. The maximum atomic E-state index is 4.85. The van der Waals surface area contributed by atoms with Gasteiger partial charge in [-0.05, 0) is 52.4 Å². The highest BCUT2D eigenvalue weighted by atomic mass is 14.7. The molecule has 0 unspecified atom stereocenters. The smallest absolute Gasteiger partial charge is 0.0705 e. The van der Waals surface area contributed by atoms with E-state index in [1.807, 2.05) is 0 Å². The second kappa shape index (κ2) is 6.17. The summed E-state index contributed by atoms with van der Waals surface area (Å²) in [6.07, 6.45) is 2.06. The molecule has 1 heteroatoms. The molecular weight excluding hydrogens is 338 g/mol. The second-order valence-electron chi connectivity index (χ2n) is 8.18. The molecule has 1 heterocycles. The first-order chi connectivity index (χ1) is 13.6. The highest BCUT2D eigenvalue weighted by molar-refractivity contribution is 5.82. The van der Waals surface area contributed by atoms with E-state index < -0.39 is 0 Å². The fourth-order valence-corrected chi connectivity index (χ4v) is 4.46.